The van der Waals surface area contributed by atoms with Gasteiger partial charge in [-0.3, -0.25) is 4.79 Å². The molecule has 0 saturated carbocycles. The Hall–Kier alpha value is -2.37. The average Bonchev–Trinajstić information content (AvgIpc) is 2.87. The fourth-order valence-electron chi connectivity index (χ4n) is 2.31. The maximum absolute atomic E-state index is 12.4. The van der Waals surface area contributed by atoms with Crippen LogP contribution in [0, 0.1) is 34.6 Å². The van der Waals surface area contributed by atoms with E-state index in [1.54, 1.807) is 6.92 Å². The van der Waals surface area contributed by atoms with Gasteiger partial charge in [-0.15, -0.1) is 0 Å². The molecule has 1 aromatic heterocycles. The average molecular weight is 303 g/mol. The van der Waals surface area contributed by atoms with Crippen molar-refractivity contribution in [1.82, 2.24) is 15.6 Å². The van der Waals surface area contributed by atoms with E-state index < -0.39 is 0 Å². The first-order chi connectivity index (χ1) is 10.4. The molecule has 2 aromatic rings. The number of nitrogens with zero attached hydrogens (tertiary/aromatic N) is 2. The molecule has 0 fully saturated rings. The van der Waals surface area contributed by atoms with Crippen LogP contribution in [0.5, 0.6) is 5.88 Å². The van der Waals surface area contributed by atoms with Crippen LogP contribution in [0.3, 0.4) is 0 Å². The van der Waals surface area contributed by atoms with Crippen molar-refractivity contribution < 1.29 is 14.2 Å². The number of hydrogen-bond acceptors (Lipinski definition) is 5. The molecule has 1 amide bonds. The zero-order valence-corrected chi connectivity index (χ0v) is 13.6. The summed E-state index contributed by atoms with van der Waals surface area (Å²) in [6, 6.07) is 2.10. The zero-order valence-electron chi connectivity index (χ0n) is 13.6. The highest BCUT2D eigenvalue weighted by Crippen LogP contribution is 2.21. The molecule has 0 atom stereocenters. The zero-order chi connectivity index (χ0) is 16.3. The number of carbonyl (C=O) groups is 1. The minimum atomic E-state index is -0.0830. The number of nitrogens with one attached hydrogen (secondary N) is 1. The van der Waals surface area contributed by atoms with Gasteiger partial charge >= 0.3 is 0 Å². The first kappa shape index (κ1) is 16.0. The molecule has 0 aliphatic carbocycles. The third-order valence-electron chi connectivity index (χ3n) is 3.83. The highest BCUT2D eigenvalue weighted by Gasteiger charge is 2.15. The quantitative estimate of drug-likeness (QED) is 0.858. The van der Waals surface area contributed by atoms with Gasteiger partial charge in [0.25, 0.3) is 11.8 Å². The molecule has 1 heterocycles. The molecule has 6 nitrogen and oxygen atoms in total. The van der Waals surface area contributed by atoms with Crippen LogP contribution < -0.4 is 10.1 Å². The summed E-state index contributed by atoms with van der Waals surface area (Å²) < 4.78 is 9.93. The molecule has 0 aliphatic rings. The van der Waals surface area contributed by atoms with Crippen LogP contribution in [0.2, 0.25) is 0 Å². The number of hydrogen-bond donors (Lipinski definition) is 1. The predicted octanol–water partition coefficient (Wildman–Crippen LogP) is 2.42. The largest absolute Gasteiger partial charge is 0.472 e. The molecule has 0 spiro atoms. The number of aromatic nitrogens is 2. The lowest BCUT2D eigenvalue weighted by molar-refractivity contribution is 0.0944. The lowest BCUT2D eigenvalue weighted by atomic mass is 9.94. The molecule has 1 N–H and O–H groups in total. The van der Waals surface area contributed by atoms with Crippen LogP contribution >= 0.6 is 0 Å². The van der Waals surface area contributed by atoms with Crippen LogP contribution in [0.15, 0.2) is 10.7 Å². The van der Waals surface area contributed by atoms with E-state index in [4.69, 9.17) is 4.74 Å². The van der Waals surface area contributed by atoms with E-state index >= 15 is 0 Å². The van der Waals surface area contributed by atoms with Crippen LogP contribution in [0.1, 0.15) is 38.3 Å². The van der Waals surface area contributed by atoms with E-state index in [1.807, 2.05) is 27.7 Å². The number of amides is 1. The fraction of sp³-hybridized carbons (Fsp3) is 0.438. The minimum absolute atomic E-state index is 0.0830. The summed E-state index contributed by atoms with van der Waals surface area (Å²) in [4.78, 5) is 12.4. The van der Waals surface area contributed by atoms with Crippen LogP contribution in [-0.4, -0.2) is 29.4 Å². The Balaban J connectivity index is 1.97. The van der Waals surface area contributed by atoms with Crippen molar-refractivity contribution in [2.75, 3.05) is 13.2 Å². The van der Waals surface area contributed by atoms with E-state index in [9.17, 15) is 4.79 Å². The van der Waals surface area contributed by atoms with Gasteiger partial charge in [0.1, 0.15) is 12.3 Å². The second-order valence-electron chi connectivity index (χ2n) is 5.39. The SMILES string of the molecule is Cc1cc(C)c(C)c(C(=O)NCCOc2nonc2C)c1C. The molecule has 22 heavy (non-hydrogen) atoms. The Morgan fingerprint density at radius 1 is 1.14 bits per heavy atom. The second kappa shape index (κ2) is 6.60. The first-order valence-corrected chi connectivity index (χ1v) is 7.19. The predicted molar refractivity (Wildman–Crippen MR) is 82.3 cm³/mol. The van der Waals surface area contributed by atoms with E-state index in [2.05, 4.69) is 26.3 Å². The van der Waals surface area contributed by atoms with Gasteiger partial charge in [-0.1, -0.05) is 11.2 Å². The summed E-state index contributed by atoms with van der Waals surface area (Å²) in [7, 11) is 0. The number of ether oxygens (including phenoxy) is 1. The molecular weight excluding hydrogens is 282 g/mol. The Kier molecular flexibility index (Phi) is 4.80. The molecule has 0 aliphatic heterocycles. The minimum Gasteiger partial charge on any atom is -0.472 e. The first-order valence-electron chi connectivity index (χ1n) is 7.19. The Morgan fingerprint density at radius 2 is 1.77 bits per heavy atom. The maximum atomic E-state index is 12.4. The lowest BCUT2D eigenvalue weighted by Gasteiger charge is -2.15. The molecule has 6 heteroatoms. The lowest BCUT2D eigenvalue weighted by Crippen LogP contribution is -2.29. The standard InChI is InChI=1S/C16H21N3O3/c1-9-8-10(2)12(4)14(11(9)3)15(20)17-6-7-21-16-13(5)18-22-19-16/h8H,6-7H2,1-5H3,(H,17,20). The van der Waals surface area contributed by atoms with Gasteiger partial charge < -0.3 is 10.1 Å². The topological polar surface area (TPSA) is 77.2 Å². The number of benzene rings is 1. The van der Waals surface area contributed by atoms with Crippen molar-refractivity contribution in [3.8, 4) is 5.88 Å². The molecule has 0 unspecified atom stereocenters. The van der Waals surface area contributed by atoms with Crippen LogP contribution in [-0.2, 0) is 0 Å². The van der Waals surface area contributed by atoms with Crippen LogP contribution in [0.4, 0.5) is 0 Å². The summed E-state index contributed by atoms with van der Waals surface area (Å²) in [5, 5.41) is 10.1. The van der Waals surface area contributed by atoms with Crippen LogP contribution in [0.25, 0.3) is 0 Å². The van der Waals surface area contributed by atoms with Crippen molar-refractivity contribution in [3.63, 3.8) is 0 Å². The van der Waals surface area contributed by atoms with Gasteiger partial charge in [0.05, 0.1) is 6.54 Å². The fourth-order valence-corrected chi connectivity index (χ4v) is 2.31. The second-order valence-corrected chi connectivity index (χ2v) is 5.39. The number of carbonyl (C=O) groups excluding carboxylic acids is 1. The third kappa shape index (κ3) is 3.27. The Labute approximate surface area is 129 Å². The summed E-state index contributed by atoms with van der Waals surface area (Å²) in [5.74, 6) is 0.272. The smallest absolute Gasteiger partial charge is 0.278 e. The molecule has 0 bridgehead atoms. The molecule has 118 valence electrons. The van der Waals surface area contributed by atoms with E-state index in [-0.39, 0.29) is 5.91 Å². The van der Waals surface area contributed by atoms with Gasteiger partial charge in [-0.25, -0.2) is 4.63 Å². The summed E-state index contributed by atoms with van der Waals surface area (Å²) in [5.41, 5.74) is 5.60. The van der Waals surface area contributed by atoms with Crippen molar-refractivity contribution in [1.29, 1.82) is 0 Å². The maximum Gasteiger partial charge on any atom is 0.278 e. The highest BCUT2D eigenvalue weighted by atomic mass is 16.6. The van der Waals surface area contributed by atoms with Crippen molar-refractivity contribution in [3.05, 3.63) is 39.6 Å². The molecule has 1 aromatic carbocycles. The third-order valence-corrected chi connectivity index (χ3v) is 3.83. The summed E-state index contributed by atoms with van der Waals surface area (Å²) in [6.07, 6.45) is 0. The summed E-state index contributed by atoms with van der Waals surface area (Å²) >= 11 is 0. The molecule has 0 radical (unpaired) electrons. The van der Waals surface area contributed by atoms with Gasteiger partial charge in [-0.05, 0) is 62.0 Å². The van der Waals surface area contributed by atoms with Gasteiger partial charge in [-0.2, -0.15) is 0 Å². The molecular formula is C16H21N3O3. The van der Waals surface area contributed by atoms with Crippen molar-refractivity contribution in [2.45, 2.75) is 34.6 Å². The van der Waals surface area contributed by atoms with Gasteiger partial charge in [0.2, 0.25) is 0 Å². The van der Waals surface area contributed by atoms with Crippen molar-refractivity contribution >= 4 is 5.91 Å². The molecule has 2 rings (SSSR count). The number of rotatable bonds is 5. The molecule has 0 saturated heterocycles. The van der Waals surface area contributed by atoms with Crippen molar-refractivity contribution in [2.24, 2.45) is 0 Å². The van der Waals surface area contributed by atoms with E-state index in [0.717, 1.165) is 27.8 Å². The Bertz CT molecular complexity index is 666. The summed E-state index contributed by atoms with van der Waals surface area (Å²) in [6.45, 7) is 10.4. The Morgan fingerprint density at radius 3 is 2.32 bits per heavy atom. The normalized spacial score (nSPS) is 10.6. The monoisotopic (exact) mass is 303 g/mol. The highest BCUT2D eigenvalue weighted by molar-refractivity contribution is 5.97. The van der Waals surface area contributed by atoms with E-state index in [0.29, 0.717) is 24.7 Å². The van der Waals surface area contributed by atoms with Gasteiger partial charge in [0.15, 0.2) is 0 Å². The van der Waals surface area contributed by atoms with E-state index in [1.165, 1.54) is 0 Å². The van der Waals surface area contributed by atoms with Gasteiger partial charge in [0, 0.05) is 5.56 Å². The number of aryl methyl sites for hydroxylation is 3.